The van der Waals surface area contributed by atoms with Crippen LogP contribution in [0.5, 0.6) is 0 Å². The molecule has 1 saturated heterocycles. The van der Waals surface area contributed by atoms with E-state index >= 15 is 0 Å². The van der Waals surface area contributed by atoms with Crippen LogP contribution in [0, 0.1) is 12.8 Å². The normalized spacial score (nSPS) is 26.8. The molecular formula is C15H21ClN2O2S. The second kappa shape index (κ2) is 5.45. The zero-order valence-corrected chi connectivity index (χ0v) is 13.8. The molecule has 21 heavy (non-hydrogen) atoms. The summed E-state index contributed by atoms with van der Waals surface area (Å²) in [6.07, 6.45) is 5.45. The third kappa shape index (κ3) is 2.56. The molecule has 4 nitrogen and oxygen atoms in total. The van der Waals surface area contributed by atoms with E-state index in [2.05, 4.69) is 0 Å². The molecule has 3 rings (SSSR count). The molecule has 1 aliphatic heterocycles. The van der Waals surface area contributed by atoms with Crippen molar-refractivity contribution >= 4 is 27.3 Å². The average molecular weight is 329 g/mol. The van der Waals surface area contributed by atoms with E-state index in [1.807, 2.05) is 0 Å². The molecule has 6 heteroatoms. The average Bonchev–Trinajstić information content (AvgIpc) is 2.88. The molecule has 0 bridgehead atoms. The SMILES string of the molecule is Cc1cc(S(=O)(=O)N2CCC3CCCCC32)cc(N)c1Cl. The molecular weight excluding hydrogens is 308 g/mol. The van der Waals surface area contributed by atoms with Crippen molar-refractivity contribution in [3.8, 4) is 0 Å². The predicted molar refractivity (Wildman–Crippen MR) is 84.9 cm³/mol. The van der Waals surface area contributed by atoms with Gasteiger partial charge in [-0.05, 0) is 49.8 Å². The molecule has 1 aliphatic carbocycles. The van der Waals surface area contributed by atoms with Crippen LogP contribution < -0.4 is 5.73 Å². The Labute approximate surface area is 131 Å². The minimum absolute atomic E-state index is 0.168. The maximum Gasteiger partial charge on any atom is 0.243 e. The molecule has 2 atom stereocenters. The fourth-order valence-corrected chi connectivity index (χ4v) is 5.67. The summed E-state index contributed by atoms with van der Waals surface area (Å²) in [6, 6.07) is 3.28. The molecule has 0 amide bonds. The van der Waals surface area contributed by atoms with Crippen molar-refractivity contribution in [2.45, 2.75) is 50.0 Å². The first kappa shape index (κ1) is 15.1. The number of fused-ring (bicyclic) bond motifs is 1. The largest absolute Gasteiger partial charge is 0.397 e. The number of nitrogen functional groups attached to an aromatic ring is 1. The van der Waals surface area contributed by atoms with Crippen molar-refractivity contribution in [3.05, 3.63) is 22.7 Å². The topological polar surface area (TPSA) is 63.4 Å². The maximum absolute atomic E-state index is 12.9. The highest BCUT2D eigenvalue weighted by molar-refractivity contribution is 7.89. The van der Waals surface area contributed by atoms with Crippen LogP contribution in [0.2, 0.25) is 5.02 Å². The highest BCUT2D eigenvalue weighted by Crippen LogP contribution is 2.39. The monoisotopic (exact) mass is 328 g/mol. The fraction of sp³-hybridized carbons (Fsp3) is 0.600. The zero-order chi connectivity index (χ0) is 15.2. The summed E-state index contributed by atoms with van der Waals surface area (Å²) in [6.45, 7) is 2.41. The van der Waals surface area contributed by atoms with E-state index < -0.39 is 10.0 Å². The van der Waals surface area contributed by atoms with Gasteiger partial charge in [0.1, 0.15) is 0 Å². The van der Waals surface area contributed by atoms with E-state index in [1.54, 1.807) is 17.3 Å². The van der Waals surface area contributed by atoms with Crippen molar-refractivity contribution in [1.29, 1.82) is 0 Å². The van der Waals surface area contributed by atoms with E-state index in [9.17, 15) is 8.42 Å². The zero-order valence-electron chi connectivity index (χ0n) is 12.2. The Bertz CT molecular complexity index is 637. The van der Waals surface area contributed by atoms with Gasteiger partial charge >= 0.3 is 0 Å². The van der Waals surface area contributed by atoms with Crippen LogP contribution in [0.3, 0.4) is 0 Å². The van der Waals surface area contributed by atoms with Gasteiger partial charge in [0.15, 0.2) is 0 Å². The summed E-state index contributed by atoms with van der Waals surface area (Å²) in [5.74, 6) is 0.527. The second-order valence-corrected chi connectivity index (χ2v) is 8.43. The van der Waals surface area contributed by atoms with Crippen molar-refractivity contribution in [1.82, 2.24) is 4.31 Å². The Morgan fingerprint density at radius 2 is 1.95 bits per heavy atom. The quantitative estimate of drug-likeness (QED) is 0.848. The lowest BCUT2D eigenvalue weighted by molar-refractivity contribution is 0.260. The number of nitrogens with zero attached hydrogens (tertiary/aromatic N) is 1. The molecule has 2 unspecified atom stereocenters. The summed E-state index contributed by atoms with van der Waals surface area (Å²) in [4.78, 5) is 0.271. The molecule has 2 N–H and O–H groups in total. The number of halogens is 1. The Hall–Kier alpha value is -0.780. The number of benzene rings is 1. The van der Waals surface area contributed by atoms with Crippen LogP contribution in [0.1, 0.15) is 37.7 Å². The molecule has 1 saturated carbocycles. The molecule has 1 aromatic carbocycles. The van der Waals surface area contributed by atoms with Gasteiger partial charge in [0.05, 0.1) is 15.6 Å². The van der Waals surface area contributed by atoms with Crippen LogP contribution in [0.25, 0.3) is 0 Å². The first-order valence-corrected chi connectivity index (χ1v) is 9.30. The summed E-state index contributed by atoms with van der Waals surface area (Å²) >= 11 is 6.04. The number of aryl methyl sites for hydroxylation is 1. The predicted octanol–water partition coefficient (Wildman–Crippen LogP) is 3.18. The van der Waals surface area contributed by atoms with Gasteiger partial charge in [-0.2, -0.15) is 4.31 Å². The van der Waals surface area contributed by atoms with Crippen molar-refractivity contribution < 1.29 is 8.42 Å². The van der Waals surface area contributed by atoms with Crippen molar-refractivity contribution in [2.24, 2.45) is 5.92 Å². The number of sulfonamides is 1. The minimum atomic E-state index is -3.48. The van der Waals surface area contributed by atoms with Gasteiger partial charge in [-0.25, -0.2) is 8.42 Å². The molecule has 2 aliphatic rings. The smallest absolute Gasteiger partial charge is 0.243 e. The Morgan fingerprint density at radius 1 is 1.24 bits per heavy atom. The summed E-state index contributed by atoms with van der Waals surface area (Å²) < 4.78 is 27.6. The second-order valence-electron chi connectivity index (χ2n) is 6.16. The van der Waals surface area contributed by atoms with Gasteiger partial charge in [0, 0.05) is 12.6 Å². The summed E-state index contributed by atoms with van der Waals surface area (Å²) in [5, 5.41) is 0.436. The van der Waals surface area contributed by atoms with Crippen molar-refractivity contribution in [2.75, 3.05) is 12.3 Å². The number of rotatable bonds is 2. The Balaban J connectivity index is 1.97. The molecule has 2 fully saturated rings. The van der Waals surface area contributed by atoms with E-state index in [-0.39, 0.29) is 10.9 Å². The van der Waals surface area contributed by atoms with Gasteiger partial charge < -0.3 is 5.73 Å². The lowest BCUT2D eigenvalue weighted by atomic mass is 9.86. The Morgan fingerprint density at radius 3 is 2.67 bits per heavy atom. The van der Waals surface area contributed by atoms with E-state index in [0.29, 0.717) is 28.7 Å². The number of hydrogen-bond donors (Lipinski definition) is 1. The third-order valence-corrected chi connectivity index (χ3v) is 7.24. The standard InChI is InChI=1S/C15H21ClN2O2S/c1-10-8-12(9-13(17)15(10)16)21(19,20)18-7-6-11-4-2-3-5-14(11)18/h8-9,11,14H,2-7,17H2,1H3. The molecule has 1 aromatic rings. The lowest BCUT2D eigenvalue weighted by Crippen LogP contribution is -2.39. The first-order valence-electron chi connectivity index (χ1n) is 7.48. The minimum Gasteiger partial charge on any atom is -0.397 e. The van der Waals surface area contributed by atoms with Crippen LogP contribution in [-0.4, -0.2) is 25.3 Å². The molecule has 116 valence electrons. The van der Waals surface area contributed by atoms with Crippen LogP contribution in [-0.2, 0) is 10.0 Å². The maximum atomic E-state index is 12.9. The van der Waals surface area contributed by atoms with E-state index in [1.165, 1.54) is 12.5 Å². The summed E-state index contributed by atoms with van der Waals surface area (Å²) in [5.41, 5.74) is 6.87. The molecule has 0 radical (unpaired) electrons. The lowest BCUT2D eigenvalue weighted by Gasteiger charge is -2.31. The van der Waals surface area contributed by atoms with Crippen LogP contribution in [0.15, 0.2) is 17.0 Å². The molecule has 0 aromatic heterocycles. The van der Waals surface area contributed by atoms with Crippen molar-refractivity contribution in [3.63, 3.8) is 0 Å². The fourth-order valence-electron chi connectivity index (χ4n) is 3.71. The van der Waals surface area contributed by atoms with Gasteiger partial charge in [-0.3, -0.25) is 0 Å². The van der Waals surface area contributed by atoms with Gasteiger partial charge in [0.2, 0.25) is 10.0 Å². The first-order chi connectivity index (χ1) is 9.91. The molecule has 1 heterocycles. The third-order valence-electron chi connectivity index (χ3n) is 4.82. The Kier molecular flexibility index (Phi) is 3.93. The highest BCUT2D eigenvalue weighted by Gasteiger charge is 2.42. The van der Waals surface area contributed by atoms with E-state index in [0.717, 1.165) is 25.7 Å². The molecule has 0 spiro atoms. The van der Waals surface area contributed by atoms with Crippen LogP contribution >= 0.6 is 11.6 Å². The number of anilines is 1. The highest BCUT2D eigenvalue weighted by atomic mass is 35.5. The number of nitrogens with two attached hydrogens (primary N) is 1. The summed E-state index contributed by atoms with van der Waals surface area (Å²) in [7, 11) is -3.48. The van der Waals surface area contributed by atoms with Gasteiger partial charge in [0.25, 0.3) is 0 Å². The van der Waals surface area contributed by atoms with Gasteiger partial charge in [-0.15, -0.1) is 0 Å². The van der Waals surface area contributed by atoms with E-state index in [4.69, 9.17) is 17.3 Å². The van der Waals surface area contributed by atoms with Gasteiger partial charge in [-0.1, -0.05) is 24.4 Å². The number of hydrogen-bond acceptors (Lipinski definition) is 3. The van der Waals surface area contributed by atoms with Crippen LogP contribution in [0.4, 0.5) is 5.69 Å².